The van der Waals surface area contributed by atoms with Crippen molar-refractivity contribution in [1.82, 2.24) is 10.2 Å². The molecule has 1 aliphatic heterocycles. The molecule has 1 rings (SSSR count). The zero-order valence-corrected chi connectivity index (χ0v) is 8.74. The second kappa shape index (κ2) is 6.19. The minimum atomic E-state index is -0.119. The maximum Gasteiger partial charge on any atom is 0.239 e. The van der Waals surface area contributed by atoms with Gasteiger partial charge in [-0.1, -0.05) is 12.2 Å². The quantitative estimate of drug-likeness (QED) is 0.587. The Morgan fingerprint density at radius 2 is 2.33 bits per heavy atom. The summed E-state index contributed by atoms with van der Waals surface area (Å²) in [6.07, 6.45) is 5.00. The van der Waals surface area contributed by atoms with Crippen molar-refractivity contribution in [3.05, 3.63) is 12.2 Å². The highest BCUT2D eigenvalue weighted by atomic mass is 16.2. The van der Waals surface area contributed by atoms with Crippen LogP contribution in [0.4, 0.5) is 0 Å². The first-order chi connectivity index (χ1) is 7.24. The molecule has 0 aromatic rings. The Morgan fingerprint density at radius 1 is 1.53 bits per heavy atom. The average molecular weight is 211 g/mol. The van der Waals surface area contributed by atoms with Crippen molar-refractivity contribution in [2.75, 3.05) is 26.2 Å². The molecule has 0 bridgehead atoms. The van der Waals surface area contributed by atoms with Gasteiger partial charge >= 0.3 is 0 Å². The minimum absolute atomic E-state index is 0.0719. The van der Waals surface area contributed by atoms with Crippen LogP contribution in [0.5, 0.6) is 0 Å². The van der Waals surface area contributed by atoms with Crippen molar-refractivity contribution in [3.63, 3.8) is 0 Å². The van der Waals surface area contributed by atoms with Gasteiger partial charge in [-0.15, -0.1) is 0 Å². The second-order valence-corrected chi connectivity index (χ2v) is 3.43. The van der Waals surface area contributed by atoms with Crippen LogP contribution in [0.15, 0.2) is 12.2 Å². The van der Waals surface area contributed by atoms with E-state index >= 15 is 0 Å². The molecular formula is C10H17N3O2. The smallest absolute Gasteiger partial charge is 0.239 e. The summed E-state index contributed by atoms with van der Waals surface area (Å²) in [6.45, 7) is 1.82. The van der Waals surface area contributed by atoms with Gasteiger partial charge in [0, 0.05) is 26.1 Å². The maximum atomic E-state index is 11.3. The van der Waals surface area contributed by atoms with Gasteiger partial charge in [0.2, 0.25) is 11.8 Å². The number of hydrogen-bond acceptors (Lipinski definition) is 3. The Bertz CT molecular complexity index is 263. The van der Waals surface area contributed by atoms with Crippen molar-refractivity contribution >= 4 is 11.8 Å². The Kier molecular flexibility index (Phi) is 4.83. The SMILES string of the molecule is NC/C=C/CNC(=O)CN1CCCC1=O. The summed E-state index contributed by atoms with van der Waals surface area (Å²) in [5.41, 5.74) is 5.24. The van der Waals surface area contributed by atoms with Gasteiger partial charge < -0.3 is 16.0 Å². The van der Waals surface area contributed by atoms with Crippen LogP contribution in [0.25, 0.3) is 0 Å². The Morgan fingerprint density at radius 3 is 2.93 bits per heavy atom. The lowest BCUT2D eigenvalue weighted by molar-refractivity contribution is -0.132. The molecule has 0 unspecified atom stereocenters. The topological polar surface area (TPSA) is 75.4 Å². The van der Waals surface area contributed by atoms with Crippen LogP contribution in [0.3, 0.4) is 0 Å². The number of carbonyl (C=O) groups is 2. The molecule has 0 aromatic heterocycles. The van der Waals surface area contributed by atoms with E-state index in [1.807, 2.05) is 0 Å². The number of nitrogens with zero attached hydrogens (tertiary/aromatic N) is 1. The van der Waals surface area contributed by atoms with E-state index in [-0.39, 0.29) is 18.4 Å². The van der Waals surface area contributed by atoms with Crippen LogP contribution in [0.1, 0.15) is 12.8 Å². The first-order valence-electron chi connectivity index (χ1n) is 5.13. The van der Waals surface area contributed by atoms with Crippen LogP contribution in [-0.2, 0) is 9.59 Å². The van der Waals surface area contributed by atoms with Crippen LogP contribution in [-0.4, -0.2) is 42.9 Å². The van der Waals surface area contributed by atoms with Crippen LogP contribution in [0.2, 0.25) is 0 Å². The zero-order chi connectivity index (χ0) is 11.1. The van der Waals surface area contributed by atoms with Gasteiger partial charge in [0.15, 0.2) is 0 Å². The van der Waals surface area contributed by atoms with E-state index < -0.39 is 0 Å². The van der Waals surface area contributed by atoms with Crippen LogP contribution >= 0.6 is 0 Å². The molecule has 5 nitrogen and oxygen atoms in total. The van der Waals surface area contributed by atoms with Gasteiger partial charge in [-0.25, -0.2) is 0 Å². The van der Waals surface area contributed by atoms with E-state index in [1.165, 1.54) is 0 Å². The standard InChI is InChI=1S/C10H17N3O2/c11-5-1-2-6-12-9(14)8-13-7-3-4-10(13)15/h1-2H,3-8,11H2,(H,12,14)/b2-1+. The molecule has 0 spiro atoms. The molecule has 3 N–H and O–H groups in total. The molecule has 1 aliphatic rings. The number of hydrogen-bond donors (Lipinski definition) is 2. The molecule has 0 aromatic carbocycles. The molecule has 1 saturated heterocycles. The molecule has 0 aliphatic carbocycles. The summed E-state index contributed by atoms with van der Waals surface area (Å²) in [5, 5.41) is 2.69. The monoisotopic (exact) mass is 211 g/mol. The molecule has 15 heavy (non-hydrogen) atoms. The number of nitrogens with one attached hydrogen (secondary N) is 1. The first-order valence-corrected chi connectivity index (χ1v) is 5.13. The molecular weight excluding hydrogens is 194 g/mol. The van der Waals surface area contributed by atoms with E-state index in [9.17, 15) is 9.59 Å². The summed E-state index contributed by atoms with van der Waals surface area (Å²) >= 11 is 0. The van der Waals surface area contributed by atoms with E-state index in [2.05, 4.69) is 5.32 Å². The second-order valence-electron chi connectivity index (χ2n) is 3.43. The number of likely N-dealkylation sites (tertiary alicyclic amines) is 1. The third-order valence-corrected chi connectivity index (χ3v) is 2.23. The number of rotatable bonds is 5. The van der Waals surface area contributed by atoms with Crippen LogP contribution < -0.4 is 11.1 Å². The fraction of sp³-hybridized carbons (Fsp3) is 0.600. The highest BCUT2D eigenvalue weighted by Crippen LogP contribution is 2.08. The van der Waals surface area contributed by atoms with Crippen molar-refractivity contribution in [1.29, 1.82) is 0 Å². The number of nitrogens with two attached hydrogens (primary N) is 1. The van der Waals surface area contributed by atoms with E-state index in [0.29, 0.717) is 26.1 Å². The molecule has 1 fully saturated rings. The normalized spacial score (nSPS) is 16.3. The van der Waals surface area contributed by atoms with E-state index in [4.69, 9.17) is 5.73 Å². The maximum absolute atomic E-state index is 11.3. The lowest BCUT2D eigenvalue weighted by Crippen LogP contribution is -2.37. The first kappa shape index (κ1) is 11.7. The Hall–Kier alpha value is -1.36. The Balaban J connectivity index is 2.18. The van der Waals surface area contributed by atoms with Gasteiger partial charge in [-0.2, -0.15) is 0 Å². The molecule has 1 heterocycles. The summed E-state index contributed by atoms with van der Waals surface area (Å²) in [7, 11) is 0. The molecule has 84 valence electrons. The summed E-state index contributed by atoms with van der Waals surface area (Å²) in [6, 6.07) is 0. The summed E-state index contributed by atoms with van der Waals surface area (Å²) in [5.74, 6) is -0.0467. The van der Waals surface area contributed by atoms with Crippen molar-refractivity contribution in [3.8, 4) is 0 Å². The van der Waals surface area contributed by atoms with Crippen LogP contribution in [0, 0.1) is 0 Å². The zero-order valence-electron chi connectivity index (χ0n) is 8.74. The van der Waals surface area contributed by atoms with Crippen molar-refractivity contribution in [2.45, 2.75) is 12.8 Å². The highest BCUT2D eigenvalue weighted by Gasteiger charge is 2.21. The van der Waals surface area contributed by atoms with Gasteiger partial charge in [-0.05, 0) is 6.42 Å². The molecule has 2 amide bonds. The third kappa shape index (κ3) is 4.12. The fourth-order valence-electron chi connectivity index (χ4n) is 1.45. The largest absolute Gasteiger partial charge is 0.351 e. The molecule has 0 radical (unpaired) electrons. The Labute approximate surface area is 89.3 Å². The number of carbonyl (C=O) groups excluding carboxylic acids is 2. The third-order valence-electron chi connectivity index (χ3n) is 2.23. The van der Waals surface area contributed by atoms with Gasteiger partial charge in [0.1, 0.15) is 0 Å². The lowest BCUT2D eigenvalue weighted by atomic mass is 10.4. The van der Waals surface area contributed by atoms with E-state index in [1.54, 1.807) is 17.1 Å². The van der Waals surface area contributed by atoms with Gasteiger partial charge in [-0.3, -0.25) is 9.59 Å². The molecule has 0 atom stereocenters. The van der Waals surface area contributed by atoms with Crippen molar-refractivity contribution < 1.29 is 9.59 Å². The molecule has 0 saturated carbocycles. The predicted octanol–water partition coefficient (Wildman–Crippen LogP) is -0.760. The lowest BCUT2D eigenvalue weighted by Gasteiger charge is -2.14. The van der Waals surface area contributed by atoms with E-state index in [0.717, 1.165) is 6.42 Å². The fourth-order valence-corrected chi connectivity index (χ4v) is 1.45. The highest BCUT2D eigenvalue weighted by molar-refractivity contribution is 5.85. The average Bonchev–Trinajstić information content (AvgIpc) is 2.59. The summed E-state index contributed by atoms with van der Waals surface area (Å²) < 4.78 is 0. The predicted molar refractivity (Wildman–Crippen MR) is 57.0 cm³/mol. The van der Waals surface area contributed by atoms with Gasteiger partial charge in [0.05, 0.1) is 6.54 Å². The van der Waals surface area contributed by atoms with Crippen molar-refractivity contribution in [2.24, 2.45) is 5.73 Å². The molecule has 5 heteroatoms. The van der Waals surface area contributed by atoms with Gasteiger partial charge in [0.25, 0.3) is 0 Å². The summed E-state index contributed by atoms with van der Waals surface area (Å²) in [4.78, 5) is 24.1. The number of amides is 2. The minimum Gasteiger partial charge on any atom is -0.351 e.